The summed E-state index contributed by atoms with van der Waals surface area (Å²) in [5.74, 6) is 0. The van der Waals surface area contributed by atoms with Gasteiger partial charge in [0.25, 0.3) is 0 Å². The summed E-state index contributed by atoms with van der Waals surface area (Å²) in [4.78, 5) is 1.93. The van der Waals surface area contributed by atoms with Crippen molar-refractivity contribution in [2.24, 2.45) is 0 Å². The third-order valence-corrected chi connectivity index (χ3v) is 7.42. The van der Waals surface area contributed by atoms with E-state index >= 15 is 0 Å². The molecule has 0 amide bonds. The number of nitrogens with zero attached hydrogens (tertiary/aromatic N) is 3. The zero-order chi connectivity index (χ0) is 25.9. The van der Waals surface area contributed by atoms with Crippen LogP contribution in [0.3, 0.4) is 0 Å². The second-order valence-corrected chi connectivity index (χ2v) is 11.0. The van der Waals surface area contributed by atoms with E-state index < -0.39 is 34.2 Å². The lowest BCUT2D eigenvalue weighted by Crippen LogP contribution is -2.62. The van der Waals surface area contributed by atoms with Gasteiger partial charge in [0.15, 0.2) is 9.84 Å². The van der Waals surface area contributed by atoms with E-state index in [-0.39, 0.29) is 18.0 Å². The van der Waals surface area contributed by atoms with Crippen LogP contribution in [0.2, 0.25) is 0 Å². The average molecular weight is 515 g/mol. The zero-order valence-corrected chi connectivity index (χ0v) is 20.6. The average Bonchev–Trinajstić information content (AvgIpc) is 2.87. The van der Waals surface area contributed by atoms with Crippen molar-refractivity contribution in [2.75, 3.05) is 24.7 Å². The predicted octanol–water partition coefficient (Wildman–Crippen LogP) is 0.418. The number of hydrogen-bond donors (Lipinski definition) is 5. The summed E-state index contributed by atoms with van der Waals surface area (Å²) >= 11 is 0. The van der Waals surface area contributed by atoms with Crippen LogP contribution in [0.15, 0.2) is 65.7 Å². The van der Waals surface area contributed by atoms with Gasteiger partial charge in [0, 0.05) is 43.3 Å². The molecule has 1 saturated heterocycles. The number of rotatable bonds is 8. The van der Waals surface area contributed by atoms with Gasteiger partial charge in [-0.3, -0.25) is 4.90 Å². The number of aliphatic hydroxyl groups excluding tert-OH is 4. The SMILES string of the molecule is CS(=O)(=O)c1cc(NCc2ccc(CN3C[C@H](O)[C@@H](O)[C@H](O)[C@H]3CO)cc2)cc(-c2cccnn2)c1. The molecule has 1 fully saturated rings. The number of benzene rings is 2. The molecule has 36 heavy (non-hydrogen) atoms. The lowest BCUT2D eigenvalue weighted by molar-refractivity contribution is -0.147. The first-order chi connectivity index (χ1) is 17.2. The van der Waals surface area contributed by atoms with Gasteiger partial charge in [0.05, 0.1) is 29.3 Å². The van der Waals surface area contributed by atoms with Crippen LogP contribution in [0.5, 0.6) is 0 Å². The van der Waals surface area contributed by atoms with Gasteiger partial charge in [-0.15, -0.1) is 0 Å². The number of anilines is 1. The molecule has 192 valence electrons. The Morgan fingerprint density at radius 1 is 1.03 bits per heavy atom. The Morgan fingerprint density at radius 3 is 2.39 bits per heavy atom. The lowest BCUT2D eigenvalue weighted by Gasteiger charge is -2.43. The maximum atomic E-state index is 12.2. The Kier molecular flexibility index (Phi) is 7.98. The molecule has 0 saturated carbocycles. The molecule has 2 heterocycles. The monoisotopic (exact) mass is 514 g/mol. The van der Waals surface area contributed by atoms with Crippen LogP contribution in [0.25, 0.3) is 11.3 Å². The fraction of sp³-hybridized carbons (Fsp3) is 0.360. The summed E-state index contributed by atoms with van der Waals surface area (Å²) in [6, 6.07) is 15.5. The lowest BCUT2D eigenvalue weighted by atomic mass is 9.93. The first-order valence-corrected chi connectivity index (χ1v) is 13.4. The Hall–Kier alpha value is -2.93. The number of nitrogens with one attached hydrogen (secondary N) is 1. The molecule has 0 aliphatic carbocycles. The van der Waals surface area contributed by atoms with E-state index in [9.17, 15) is 28.8 Å². The molecule has 1 aromatic heterocycles. The van der Waals surface area contributed by atoms with E-state index in [1.807, 2.05) is 30.3 Å². The van der Waals surface area contributed by atoms with Crippen molar-refractivity contribution in [3.63, 3.8) is 0 Å². The van der Waals surface area contributed by atoms with Crippen LogP contribution in [0, 0.1) is 0 Å². The molecule has 1 aliphatic rings. The van der Waals surface area contributed by atoms with Crippen LogP contribution in [0.1, 0.15) is 11.1 Å². The summed E-state index contributed by atoms with van der Waals surface area (Å²) in [7, 11) is -3.44. The molecule has 4 atom stereocenters. The van der Waals surface area contributed by atoms with E-state index in [0.717, 1.165) is 17.4 Å². The summed E-state index contributed by atoms with van der Waals surface area (Å²) in [6.07, 6.45) is -0.914. The van der Waals surface area contributed by atoms with Crippen molar-refractivity contribution >= 4 is 15.5 Å². The Morgan fingerprint density at radius 2 is 1.75 bits per heavy atom. The van der Waals surface area contributed by atoms with Crippen LogP contribution < -0.4 is 5.32 Å². The van der Waals surface area contributed by atoms with Gasteiger partial charge in [-0.05, 0) is 41.5 Å². The molecule has 11 heteroatoms. The number of hydrogen-bond acceptors (Lipinski definition) is 10. The summed E-state index contributed by atoms with van der Waals surface area (Å²) < 4.78 is 24.4. The highest BCUT2D eigenvalue weighted by atomic mass is 32.2. The number of β-amino-alcohol motifs (C(OH)–C–C–N with tert-alkyl or cyclic N) is 1. The van der Waals surface area contributed by atoms with Crippen LogP contribution in [-0.2, 0) is 22.9 Å². The molecule has 2 aromatic carbocycles. The van der Waals surface area contributed by atoms with Crippen molar-refractivity contribution in [3.05, 3.63) is 71.9 Å². The first kappa shape index (κ1) is 26.1. The molecule has 4 rings (SSSR count). The fourth-order valence-electron chi connectivity index (χ4n) is 4.28. The standard InChI is InChI=1S/C25H30N4O6S/c1-36(34,35)20-10-18(21-3-2-8-27-28-21)9-19(11-20)26-12-16-4-6-17(7-5-16)13-29-14-23(31)25(33)24(32)22(29)15-30/h2-11,22-26,30-33H,12-15H2,1H3/t22-,23+,24-,25-/m1/s1. The molecule has 1 aliphatic heterocycles. The van der Waals surface area contributed by atoms with Crippen molar-refractivity contribution < 1.29 is 28.8 Å². The zero-order valence-electron chi connectivity index (χ0n) is 19.8. The largest absolute Gasteiger partial charge is 0.395 e. The van der Waals surface area contributed by atoms with Crippen molar-refractivity contribution in [2.45, 2.75) is 42.3 Å². The molecule has 0 radical (unpaired) electrons. The topological polar surface area (TPSA) is 156 Å². The number of piperidine rings is 1. The van der Waals surface area contributed by atoms with Gasteiger partial charge in [-0.2, -0.15) is 10.2 Å². The normalized spacial score (nSPS) is 22.9. The Balaban J connectivity index is 1.46. The van der Waals surface area contributed by atoms with E-state index in [1.54, 1.807) is 35.4 Å². The highest BCUT2D eigenvalue weighted by molar-refractivity contribution is 7.90. The van der Waals surface area contributed by atoms with Gasteiger partial charge in [-0.1, -0.05) is 24.3 Å². The van der Waals surface area contributed by atoms with Gasteiger partial charge >= 0.3 is 0 Å². The third-order valence-electron chi connectivity index (χ3n) is 6.32. The second kappa shape index (κ2) is 11.0. The number of aromatic nitrogens is 2. The fourth-order valence-corrected chi connectivity index (χ4v) is 4.96. The number of sulfone groups is 1. The Labute approximate surface area is 209 Å². The molecule has 5 N–H and O–H groups in total. The number of aliphatic hydroxyl groups is 4. The maximum absolute atomic E-state index is 12.2. The Bertz CT molecular complexity index is 1270. The molecule has 0 unspecified atom stereocenters. The smallest absolute Gasteiger partial charge is 0.175 e. The van der Waals surface area contributed by atoms with Crippen molar-refractivity contribution in [3.8, 4) is 11.3 Å². The third kappa shape index (κ3) is 6.06. The minimum atomic E-state index is -3.44. The molecule has 3 aromatic rings. The van der Waals surface area contributed by atoms with Crippen LogP contribution in [0.4, 0.5) is 5.69 Å². The molecule has 10 nitrogen and oxygen atoms in total. The molecular weight excluding hydrogens is 484 g/mol. The molecular formula is C25H30N4O6S. The highest BCUT2D eigenvalue weighted by Crippen LogP contribution is 2.26. The first-order valence-electron chi connectivity index (χ1n) is 11.5. The van der Waals surface area contributed by atoms with Gasteiger partial charge in [0.1, 0.15) is 12.2 Å². The predicted molar refractivity (Wildman–Crippen MR) is 134 cm³/mol. The minimum absolute atomic E-state index is 0.136. The van der Waals surface area contributed by atoms with Gasteiger partial charge in [-0.25, -0.2) is 8.42 Å². The minimum Gasteiger partial charge on any atom is -0.395 e. The van der Waals surface area contributed by atoms with E-state index in [2.05, 4.69) is 15.5 Å². The van der Waals surface area contributed by atoms with Crippen LogP contribution in [-0.4, -0.2) is 87.7 Å². The summed E-state index contributed by atoms with van der Waals surface area (Å²) in [5, 5.41) is 50.9. The molecule has 0 spiro atoms. The van der Waals surface area contributed by atoms with Crippen molar-refractivity contribution in [1.82, 2.24) is 15.1 Å². The van der Waals surface area contributed by atoms with Gasteiger partial charge in [0.2, 0.25) is 0 Å². The maximum Gasteiger partial charge on any atom is 0.175 e. The van der Waals surface area contributed by atoms with Gasteiger partial charge < -0.3 is 25.7 Å². The van der Waals surface area contributed by atoms with Crippen LogP contribution >= 0.6 is 0 Å². The van der Waals surface area contributed by atoms with Crippen molar-refractivity contribution in [1.29, 1.82) is 0 Å². The quantitative estimate of drug-likeness (QED) is 0.285. The van der Waals surface area contributed by atoms with E-state index in [0.29, 0.717) is 30.0 Å². The second-order valence-electron chi connectivity index (χ2n) is 9.03. The summed E-state index contributed by atoms with van der Waals surface area (Å²) in [5.41, 5.74) is 3.70. The molecule has 0 bridgehead atoms. The number of likely N-dealkylation sites (tertiary alicyclic amines) is 1. The van der Waals surface area contributed by atoms with E-state index in [1.165, 1.54) is 0 Å². The summed E-state index contributed by atoms with van der Waals surface area (Å²) in [6.45, 7) is 0.630. The van der Waals surface area contributed by atoms with E-state index in [4.69, 9.17) is 0 Å². The highest BCUT2D eigenvalue weighted by Gasteiger charge is 2.40.